The Hall–Kier alpha value is -3.53. The van der Waals surface area contributed by atoms with Crippen LogP contribution in [0.15, 0.2) is 35.3 Å². The van der Waals surface area contributed by atoms with Gasteiger partial charge in [-0.3, -0.25) is 4.79 Å². The molecule has 32 heavy (non-hydrogen) atoms. The predicted octanol–water partition coefficient (Wildman–Crippen LogP) is 2.93. The molecule has 0 saturated carbocycles. The van der Waals surface area contributed by atoms with Gasteiger partial charge in [0, 0.05) is 55.5 Å². The third kappa shape index (κ3) is 3.89. The number of hydrogen-bond acceptors (Lipinski definition) is 5. The maximum absolute atomic E-state index is 14.1. The summed E-state index contributed by atoms with van der Waals surface area (Å²) >= 11 is 0. The zero-order chi connectivity index (χ0) is 23.0. The highest BCUT2D eigenvalue weighted by Gasteiger charge is 2.22. The van der Waals surface area contributed by atoms with Gasteiger partial charge in [0.1, 0.15) is 23.0 Å². The summed E-state index contributed by atoms with van der Waals surface area (Å²) in [6.45, 7) is 0.968. The number of aliphatic hydroxyl groups excluding tert-OH is 1. The molecule has 0 spiro atoms. The van der Waals surface area contributed by atoms with E-state index in [0.717, 1.165) is 19.5 Å². The third-order valence-electron chi connectivity index (χ3n) is 5.53. The molecule has 1 aromatic heterocycles. The fraction of sp³-hybridized carbons (Fsp3) is 0.273. The highest BCUT2D eigenvalue weighted by molar-refractivity contribution is 5.96. The van der Waals surface area contributed by atoms with Crippen LogP contribution in [0.1, 0.15) is 22.3 Å². The van der Waals surface area contributed by atoms with Crippen molar-refractivity contribution in [2.24, 2.45) is 0 Å². The Kier molecular flexibility index (Phi) is 5.79. The van der Waals surface area contributed by atoms with Gasteiger partial charge in [-0.2, -0.15) is 0 Å². The molecular weight excluding hydrogens is 427 g/mol. The van der Waals surface area contributed by atoms with Crippen molar-refractivity contribution >= 4 is 28.2 Å². The van der Waals surface area contributed by atoms with Crippen LogP contribution >= 0.6 is 0 Å². The molecule has 3 N–H and O–H groups in total. The highest BCUT2D eigenvalue weighted by atomic mass is 19.1. The van der Waals surface area contributed by atoms with E-state index in [1.54, 1.807) is 6.07 Å². The molecule has 0 bridgehead atoms. The number of benzene rings is 2. The molecule has 3 aromatic rings. The highest BCUT2D eigenvalue weighted by Crippen LogP contribution is 2.34. The molecule has 7 nitrogen and oxygen atoms in total. The van der Waals surface area contributed by atoms with E-state index in [9.17, 15) is 33.0 Å². The Morgan fingerprint density at radius 1 is 1.09 bits per heavy atom. The molecule has 2 aromatic carbocycles. The minimum atomic E-state index is -1.40. The van der Waals surface area contributed by atoms with Crippen molar-refractivity contribution in [3.05, 3.63) is 69.3 Å². The molecule has 1 saturated heterocycles. The first kappa shape index (κ1) is 21.7. The molecule has 0 radical (unpaired) electrons. The Balaban J connectivity index is 1.84. The van der Waals surface area contributed by atoms with Crippen LogP contribution in [0, 0.1) is 17.5 Å². The van der Waals surface area contributed by atoms with E-state index in [1.165, 1.54) is 16.8 Å². The normalized spacial score (nSPS) is 13.3. The molecule has 2 heterocycles. The lowest BCUT2D eigenvalue weighted by atomic mass is 10.1. The maximum Gasteiger partial charge on any atom is 0.341 e. The van der Waals surface area contributed by atoms with Gasteiger partial charge in [0.2, 0.25) is 5.43 Å². The number of rotatable bonds is 7. The number of carboxylic acids is 1. The fourth-order valence-corrected chi connectivity index (χ4v) is 3.76. The number of halogens is 3. The lowest BCUT2D eigenvalue weighted by molar-refractivity contribution is 0.0694. The zero-order valence-corrected chi connectivity index (χ0v) is 16.9. The third-order valence-corrected chi connectivity index (χ3v) is 5.53. The Labute approximate surface area is 180 Å². The summed E-state index contributed by atoms with van der Waals surface area (Å²) in [4.78, 5) is 26.3. The van der Waals surface area contributed by atoms with Crippen molar-refractivity contribution in [2.45, 2.75) is 19.5 Å². The van der Waals surface area contributed by atoms with E-state index in [1.807, 2.05) is 4.90 Å². The maximum atomic E-state index is 14.1. The van der Waals surface area contributed by atoms with E-state index in [-0.39, 0.29) is 30.6 Å². The van der Waals surface area contributed by atoms with Crippen LogP contribution in [0.5, 0.6) is 0 Å². The number of fused-ring (bicyclic) bond motifs is 1. The van der Waals surface area contributed by atoms with E-state index >= 15 is 0 Å². The Bertz CT molecular complexity index is 1250. The van der Waals surface area contributed by atoms with Crippen molar-refractivity contribution in [1.82, 2.24) is 4.57 Å². The second-order valence-corrected chi connectivity index (χ2v) is 7.52. The molecule has 0 amide bonds. The molecule has 0 atom stereocenters. The number of aromatic carboxylic acids is 1. The number of hydrogen-bond donors (Lipinski definition) is 3. The smallest absolute Gasteiger partial charge is 0.341 e. The summed E-state index contributed by atoms with van der Waals surface area (Å²) < 4.78 is 42.8. The van der Waals surface area contributed by atoms with Gasteiger partial charge in [-0.05, 0) is 18.6 Å². The fourth-order valence-electron chi connectivity index (χ4n) is 3.76. The van der Waals surface area contributed by atoms with Crippen molar-refractivity contribution in [3.63, 3.8) is 0 Å². The molecule has 1 aliphatic rings. The average Bonchev–Trinajstić information content (AvgIpc) is 2.68. The quantitative estimate of drug-likeness (QED) is 0.516. The summed E-state index contributed by atoms with van der Waals surface area (Å²) in [5.41, 5.74) is -0.0432. The monoisotopic (exact) mass is 447 g/mol. The van der Waals surface area contributed by atoms with E-state index in [2.05, 4.69) is 5.32 Å². The SMILES string of the molecule is O=C(O)c1cn(CCO)c2cc(N3CCC3)c(NCc3c(F)cc(F)cc3F)cc2c1=O. The number of aromatic nitrogens is 1. The number of nitrogens with zero attached hydrogens (tertiary/aromatic N) is 2. The lowest BCUT2D eigenvalue weighted by Gasteiger charge is -2.35. The summed E-state index contributed by atoms with van der Waals surface area (Å²) in [6.07, 6.45) is 2.14. The summed E-state index contributed by atoms with van der Waals surface area (Å²) in [6, 6.07) is 4.31. The van der Waals surface area contributed by atoms with E-state index in [0.29, 0.717) is 29.0 Å². The van der Waals surface area contributed by atoms with Gasteiger partial charge >= 0.3 is 5.97 Å². The van der Waals surface area contributed by atoms with Crippen LogP contribution in [-0.2, 0) is 13.1 Å². The van der Waals surface area contributed by atoms with Gasteiger partial charge in [0.15, 0.2) is 0 Å². The number of nitrogens with one attached hydrogen (secondary N) is 1. The van der Waals surface area contributed by atoms with Crippen LogP contribution < -0.4 is 15.6 Å². The molecular formula is C22H20F3N3O4. The van der Waals surface area contributed by atoms with Crippen LogP contribution in [0.25, 0.3) is 10.9 Å². The number of carboxylic acid groups (broad SMARTS) is 1. The first-order chi connectivity index (χ1) is 15.3. The summed E-state index contributed by atoms with van der Waals surface area (Å²) in [5, 5.41) is 21.8. The van der Waals surface area contributed by atoms with Crippen molar-refractivity contribution in [1.29, 1.82) is 0 Å². The minimum Gasteiger partial charge on any atom is -0.477 e. The van der Waals surface area contributed by atoms with Gasteiger partial charge in [0.25, 0.3) is 0 Å². The van der Waals surface area contributed by atoms with Crippen LogP contribution in [-0.4, -0.2) is 40.4 Å². The van der Waals surface area contributed by atoms with Gasteiger partial charge in [-0.15, -0.1) is 0 Å². The van der Waals surface area contributed by atoms with Gasteiger partial charge in [-0.25, -0.2) is 18.0 Å². The molecule has 0 aliphatic carbocycles. The van der Waals surface area contributed by atoms with Gasteiger partial charge < -0.3 is 25.0 Å². The van der Waals surface area contributed by atoms with E-state index in [4.69, 9.17) is 0 Å². The zero-order valence-electron chi connectivity index (χ0n) is 16.9. The molecule has 1 aliphatic heterocycles. The number of carbonyl (C=O) groups is 1. The predicted molar refractivity (Wildman–Crippen MR) is 113 cm³/mol. The van der Waals surface area contributed by atoms with Crippen LogP contribution in [0.3, 0.4) is 0 Å². The van der Waals surface area contributed by atoms with Gasteiger partial charge in [0.05, 0.1) is 23.5 Å². The first-order valence-electron chi connectivity index (χ1n) is 9.97. The largest absolute Gasteiger partial charge is 0.477 e. The average molecular weight is 447 g/mol. The van der Waals surface area contributed by atoms with E-state index < -0.39 is 34.4 Å². The molecule has 10 heteroatoms. The molecule has 1 fully saturated rings. The van der Waals surface area contributed by atoms with Crippen molar-refractivity contribution in [3.8, 4) is 0 Å². The number of pyridine rings is 1. The standard InChI is InChI=1S/C22H20F3N3O4/c23-12-6-16(24)14(17(25)7-12)10-26-18-8-13-19(9-20(18)27-2-1-3-27)28(4-5-29)11-15(21(13)30)22(31)32/h6-9,11,26,29H,1-5,10H2,(H,31,32). The first-order valence-corrected chi connectivity index (χ1v) is 9.97. The second-order valence-electron chi connectivity index (χ2n) is 7.52. The molecule has 0 unspecified atom stereocenters. The Morgan fingerprint density at radius 2 is 1.78 bits per heavy atom. The number of anilines is 2. The summed E-state index contributed by atoms with van der Waals surface area (Å²) in [5.74, 6) is -4.51. The molecule has 4 rings (SSSR count). The van der Waals surface area contributed by atoms with Gasteiger partial charge in [-0.1, -0.05) is 0 Å². The number of aliphatic hydroxyl groups is 1. The lowest BCUT2D eigenvalue weighted by Crippen LogP contribution is -2.37. The topological polar surface area (TPSA) is 94.8 Å². The van der Waals surface area contributed by atoms with Crippen molar-refractivity contribution in [2.75, 3.05) is 29.9 Å². The summed E-state index contributed by atoms with van der Waals surface area (Å²) in [7, 11) is 0. The Morgan fingerprint density at radius 3 is 2.34 bits per heavy atom. The minimum absolute atomic E-state index is 0.0786. The van der Waals surface area contributed by atoms with Crippen LogP contribution in [0.2, 0.25) is 0 Å². The molecule has 168 valence electrons. The second kappa shape index (κ2) is 8.54. The van der Waals surface area contributed by atoms with Crippen molar-refractivity contribution < 1.29 is 28.2 Å². The van der Waals surface area contributed by atoms with Crippen LogP contribution in [0.4, 0.5) is 24.5 Å².